The summed E-state index contributed by atoms with van der Waals surface area (Å²) in [4.78, 5) is 11.8. The smallest absolute Gasteiger partial charge is 0.151 e. The molecule has 1 aromatic carbocycles. The van der Waals surface area contributed by atoms with Crippen LogP contribution >= 0.6 is 11.6 Å². The fraction of sp³-hybridized carbons (Fsp3) is 0.500. The van der Waals surface area contributed by atoms with E-state index in [0.29, 0.717) is 23.2 Å². The number of halogens is 2. The van der Waals surface area contributed by atoms with Gasteiger partial charge in [0, 0.05) is 23.0 Å². The molecule has 0 aliphatic heterocycles. The Bertz CT molecular complexity index is 410. The Labute approximate surface area is 112 Å². The van der Waals surface area contributed by atoms with Crippen molar-refractivity contribution in [1.82, 2.24) is 5.32 Å². The van der Waals surface area contributed by atoms with E-state index in [-0.39, 0.29) is 12.2 Å². The van der Waals surface area contributed by atoms with Crippen molar-refractivity contribution < 1.29 is 9.18 Å². The molecule has 1 aliphatic rings. The SMILES string of the molecule is O=C(CNC1CCCC1)Cc1c(F)cccc1Cl. The molecule has 0 heterocycles. The van der Waals surface area contributed by atoms with Crippen molar-refractivity contribution in [3.05, 3.63) is 34.6 Å². The van der Waals surface area contributed by atoms with Crippen LogP contribution in [0.4, 0.5) is 4.39 Å². The average Bonchev–Trinajstić information content (AvgIpc) is 2.84. The fourth-order valence-electron chi connectivity index (χ4n) is 2.35. The van der Waals surface area contributed by atoms with Gasteiger partial charge in [-0.1, -0.05) is 30.5 Å². The van der Waals surface area contributed by atoms with Gasteiger partial charge in [0.2, 0.25) is 0 Å². The average molecular weight is 270 g/mol. The van der Waals surface area contributed by atoms with Gasteiger partial charge < -0.3 is 5.32 Å². The van der Waals surface area contributed by atoms with Gasteiger partial charge in [0.15, 0.2) is 5.78 Å². The number of Topliss-reactive ketones (excluding diaryl/α,β-unsaturated/α-hetero) is 1. The highest BCUT2D eigenvalue weighted by molar-refractivity contribution is 6.31. The molecule has 1 fully saturated rings. The number of carbonyl (C=O) groups is 1. The van der Waals surface area contributed by atoms with Gasteiger partial charge in [0.25, 0.3) is 0 Å². The monoisotopic (exact) mass is 269 g/mol. The van der Waals surface area contributed by atoms with E-state index in [4.69, 9.17) is 11.6 Å². The summed E-state index contributed by atoms with van der Waals surface area (Å²) in [5.74, 6) is -0.425. The first kappa shape index (κ1) is 13.5. The number of rotatable bonds is 5. The topological polar surface area (TPSA) is 29.1 Å². The highest BCUT2D eigenvalue weighted by Crippen LogP contribution is 2.20. The Balaban J connectivity index is 1.86. The molecule has 0 aromatic heterocycles. The molecule has 1 N–H and O–H groups in total. The number of benzene rings is 1. The Kier molecular flexibility index (Phi) is 4.72. The van der Waals surface area contributed by atoms with E-state index in [0.717, 1.165) is 12.8 Å². The van der Waals surface area contributed by atoms with Crippen LogP contribution < -0.4 is 5.32 Å². The van der Waals surface area contributed by atoms with Crippen LogP contribution in [0, 0.1) is 5.82 Å². The maximum Gasteiger partial charge on any atom is 0.151 e. The molecule has 0 atom stereocenters. The highest BCUT2D eigenvalue weighted by atomic mass is 35.5. The number of ketones is 1. The maximum absolute atomic E-state index is 13.5. The molecule has 0 amide bonds. The quantitative estimate of drug-likeness (QED) is 0.890. The maximum atomic E-state index is 13.5. The second-order valence-corrected chi connectivity index (χ2v) is 5.19. The third-order valence-electron chi connectivity index (χ3n) is 3.38. The lowest BCUT2D eigenvalue weighted by Gasteiger charge is -2.11. The molecular formula is C14H17ClFNO. The molecule has 1 aliphatic carbocycles. The van der Waals surface area contributed by atoms with Crippen molar-refractivity contribution in [2.45, 2.75) is 38.1 Å². The van der Waals surface area contributed by atoms with Crippen LogP contribution in [0.15, 0.2) is 18.2 Å². The lowest BCUT2D eigenvalue weighted by atomic mass is 10.1. The Morgan fingerprint density at radius 2 is 2.11 bits per heavy atom. The molecule has 2 rings (SSSR count). The fourth-order valence-corrected chi connectivity index (χ4v) is 2.58. The van der Waals surface area contributed by atoms with Crippen LogP contribution in [0.25, 0.3) is 0 Å². The van der Waals surface area contributed by atoms with E-state index < -0.39 is 5.82 Å². The van der Waals surface area contributed by atoms with Crippen molar-refractivity contribution in [3.63, 3.8) is 0 Å². The van der Waals surface area contributed by atoms with Crippen LogP contribution in [0.1, 0.15) is 31.2 Å². The second kappa shape index (κ2) is 6.30. The number of hydrogen-bond donors (Lipinski definition) is 1. The van der Waals surface area contributed by atoms with Crippen LogP contribution in [0.5, 0.6) is 0 Å². The van der Waals surface area contributed by atoms with E-state index in [1.807, 2.05) is 0 Å². The van der Waals surface area contributed by atoms with Gasteiger partial charge in [0.05, 0.1) is 6.54 Å². The van der Waals surface area contributed by atoms with Crippen molar-refractivity contribution >= 4 is 17.4 Å². The molecular weight excluding hydrogens is 253 g/mol. The van der Waals surface area contributed by atoms with Gasteiger partial charge in [-0.3, -0.25) is 4.79 Å². The predicted octanol–water partition coefficient (Wildman–Crippen LogP) is 3.12. The summed E-state index contributed by atoms with van der Waals surface area (Å²) < 4.78 is 13.5. The van der Waals surface area contributed by atoms with Crippen LogP contribution in [-0.2, 0) is 11.2 Å². The predicted molar refractivity (Wildman–Crippen MR) is 70.4 cm³/mol. The third-order valence-corrected chi connectivity index (χ3v) is 3.73. The normalized spacial score (nSPS) is 16.1. The molecule has 2 nitrogen and oxygen atoms in total. The third kappa shape index (κ3) is 3.53. The lowest BCUT2D eigenvalue weighted by Crippen LogP contribution is -2.32. The van der Waals surface area contributed by atoms with E-state index in [9.17, 15) is 9.18 Å². The van der Waals surface area contributed by atoms with Gasteiger partial charge in [0.1, 0.15) is 5.82 Å². The van der Waals surface area contributed by atoms with Crippen LogP contribution in [0.3, 0.4) is 0 Å². The molecule has 1 aromatic rings. The first-order chi connectivity index (χ1) is 8.66. The summed E-state index contributed by atoms with van der Waals surface area (Å²) in [7, 11) is 0. The van der Waals surface area contributed by atoms with Crippen molar-refractivity contribution in [1.29, 1.82) is 0 Å². The molecule has 4 heteroatoms. The van der Waals surface area contributed by atoms with Crippen LogP contribution in [0.2, 0.25) is 5.02 Å². The van der Waals surface area contributed by atoms with Gasteiger partial charge in [-0.05, 0) is 25.0 Å². The van der Waals surface area contributed by atoms with Gasteiger partial charge >= 0.3 is 0 Å². The van der Waals surface area contributed by atoms with Crippen LogP contribution in [-0.4, -0.2) is 18.4 Å². The Morgan fingerprint density at radius 1 is 1.39 bits per heavy atom. The van der Waals surface area contributed by atoms with Gasteiger partial charge in [-0.25, -0.2) is 4.39 Å². The summed E-state index contributed by atoms with van der Waals surface area (Å²) in [6.45, 7) is 0.301. The van der Waals surface area contributed by atoms with E-state index >= 15 is 0 Å². The van der Waals surface area contributed by atoms with Gasteiger partial charge in [-0.15, -0.1) is 0 Å². The lowest BCUT2D eigenvalue weighted by molar-refractivity contribution is -0.117. The summed E-state index contributed by atoms with van der Waals surface area (Å²) >= 11 is 5.89. The van der Waals surface area contributed by atoms with E-state index in [1.54, 1.807) is 12.1 Å². The number of nitrogens with one attached hydrogen (secondary N) is 1. The summed E-state index contributed by atoms with van der Waals surface area (Å²) in [5, 5.41) is 3.55. The van der Waals surface area contributed by atoms with Crippen molar-refractivity contribution in [2.75, 3.05) is 6.54 Å². The molecule has 0 saturated heterocycles. The summed E-state index contributed by atoms with van der Waals surface area (Å²) in [6.07, 6.45) is 4.78. The molecule has 0 unspecified atom stereocenters. The minimum Gasteiger partial charge on any atom is -0.307 e. The Morgan fingerprint density at radius 3 is 2.78 bits per heavy atom. The molecule has 0 bridgehead atoms. The second-order valence-electron chi connectivity index (χ2n) is 4.78. The molecule has 98 valence electrons. The zero-order valence-electron chi connectivity index (χ0n) is 10.2. The number of carbonyl (C=O) groups excluding carboxylic acids is 1. The zero-order chi connectivity index (χ0) is 13.0. The van der Waals surface area contributed by atoms with Gasteiger partial charge in [-0.2, -0.15) is 0 Å². The first-order valence-electron chi connectivity index (χ1n) is 6.35. The van der Waals surface area contributed by atoms with Crippen molar-refractivity contribution in [3.8, 4) is 0 Å². The van der Waals surface area contributed by atoms with Crippen molar-refractivity contribution in [2.24, 2.45) is 0 Å². The highest BCUT2D eigenvalue weighted by Gasteiger charge is 2.16. The zero-order valence-corrected chi connectivity index (χ0v) is 11.0. The molecule has 0 spiro atoms. The largest absolute Gasteiger partial charge is 0.307 e. The Hall–Kier alpha value is -0.930. The summed E-state index contributed by atoms with van der Waals surface area (Å²) in [5.41, 5.74) is 0.303. The minimum absolute atomic E-state index is 0.0195. The first-order valence-corrected chi connectivity index (χ1v) is 6.72. The van der Waals surface area contributed by atoms with E-state index in [1.165, 1.54) is 18.9 Å². The number of hydrogen-bond acceptors (Lipinski definition) is 2. The minimum atomic E-state index is -0.406. The standard InChI is InChI=1S/C14H17ClFNO/c15-13-6-3-7-14(16)12(13)8-11(18)9-17-10-4-1-2-5-10/h3,6-7,10,17H,1-2,4-5,8-9H2. The van der Waals surface area contributed by atoms with E-state index in [2.05, 4.69) is 5.32 Å². The summed E-state index contributed by atoms with van der Waals surface area (Å²) in [6, 6.07) is 4.93. The molecule has 18 heavy (non-hydrogen) atoms. The molecule has 1 saturated carbocycles. The molecule has 0 radical (unpaired) electrons.